The Kier molecular flexibility index (Phi) is 5.42. The van der Waals surface area contributed by atoms with Crippen LogP contribution in [-0.2, 0) is 4.79 Å². The number of fused-ring (bicyclic) bond motifs is 1. The zero-order valence-corrected chi connectivity index (χ0v) is 17.7. The number of aryl methyl sites for hydroxylation is 1. The zero-order valence-electron chi connectivity index (χ0n) is 16.9. The number of rotatable bonds is 5. The molecule has 0 unspecified atom stereocenters. The highest BCUT2D eigenvalue weighted by molar-refractivity contribution is 7.17. The lowest BCUT2D eigenvalue weighted by Gasteiger charge is -2.36. The summed E-state index contributed by atoms with van der Waals surface area (Å²) in [7, 11) is 0. The van der Waals surface area contributed by atoms with Gasteiger partial charge in [0.1, 0.15) is 16.5 Å². The quantitative estimate of drug-likeness (QED) is 0.649. The molecule has 0 radical (unpaired) electrons. The van der Waals surface area contributed by atoms with Crippen LogP contribution >= 0.6 is 11.3 Å². The van der Waals surface area contributed by atoms with Gasteiger partial charge in [-0.25, -0.2) is 4.98 Å². The number of aromatic hydroxyl groups is 1. The Balaban J connectivity index is 1.71. The summed E-state index contributed by atoms with van der Waals surface area (Å²) in [4.78, 5) is 20.9. The van der Waals surface area contributed by atoms with Gasteiger partial charge in [-0.1, -0.05) is 11.3 Å². The van der Waals surface area contributed by atoms with E-state index in [9.17, 15) is 9.90 Å². The summed E-state index contributed by atoms with van der Waals surface area (Å²) in [5.41, 5.74) is 1.09. The van der Waals surface area contributed by atoms with Gasteiger partial charge in [-0.2, -0.15) is 4.52 Å². The maximum Gasteiger partial charge on any atom is 0.235 e. The third-order valence-corrected chi connectivity index (χ3v) is 6.44. The lowest BCUT2D eigenvalue weighted by atomic mass is 10.0. The second kappa shape index (κ2) is 8.00. The number of carbonyl (C=O) groups excluding carboxylic acids is 1. The Labute approximate surface area is 173 Å². The van der Waals surface area contributed by atoms with Gasteiger partial charge < -0.3 is 19.6 Å². The van der Waals surface area contributed by atoms with Crippen LogP contribution in [0.5, 0.6) is 11.6 Å². The van der Waals surface area contributed by atoms with Gasteiger partial charge in [-0.05, 0) is 38.1 Å². The Bertz CT molecular complexity index is 1010. The van der Waals surface area contributed by atoms with Crippen molar-refractivity contribution in [1.29, 1.82) is 0 Å². The molecule has 2 aromatic heterocycles. The van der Waals surface area contributed by atoms with Gasteiger partial charge in [0.05, 0.1) is 32.8 Å². The molecular formula is C20H26N5O3S+. The van der Waals surface area contributed by atoms with Gasteiger partial charge in [-0.15, -0.1) is 5.10 Å². The van der Waals surface area contributed by atoms with Crippen molar-refractivity contribution in [1.82, 2.24) is 19.5 Å². The summed E-state index contributed by atoms with van der Waals surface area (Å²) in [5, 5.41) is 15.2. The predicted molar refractivity (Wildman–Crippen MR) is 110 cm³/mol. The van der Waals surface area contributed by atoms with Crippen LogP contribution in [0.25, 0.3) is 4.96 Å². The van der Waals surface area contributed by atoms with Crippen molar-refractivity contribution >= 4 is 22.2 Å². The van der Waals surface area contributed by atoms with Crippen molar-refractivity contribution in [3.05, 3.63) is 40.5 Å². The van der Waals surface area contributed by atoms with Crippen LogP contribution in [0.15, 0.2) is 24.3 Å². The number of ether oxygens (including phenoxy) is 1. The molecule has 0 spiro atoms. The van der Waals surface area contributed by atoms with Crippen LogP contribution in [0.2, 0.25) is 0 Å². The molecule has 1 atom stereocenters. The Morgan fingerprint density at radius 2 is 2.00 bits per heavy atom. The number of aromatic nitrogens is 3. The summed E-state index contributed by atoms with van der Waals surface area (Å²) in [6, 6.07) is 7.99. The second-order valence-corrected chi connectivity index (χ2v) is 8.25. The first-order valence-corrected chi connectivity index (χ1v) is 10.7. The van der Waals surface area contributed by atoms with Crippen molar-refractivity contribution in [2.24, 2.45) is 0 Å². The number of benzene rings is 1. The van der Waals surface area contributed by atoms with E-state index in [1.54, 1.807) is 6.92 Å². The van der Waals surface area contributed by atoms with E-state index in [1.807, 2.05) is 30.9 Å². The highest BCUT2D eigenvalue weighted by Gasteiger charge is 2.35. The fourth-order valence-electron chi connectivity index (χ4n) is 3.93. The van der Waals surface area contributed by atoms with Crippen LogP contribution in [0.3, 0.4) is 0 Å². The predicted octanol–water partition coefficient (Wildman–Crippen LogP) is 1.04. The molecule has 8 nitrogen and oxygen atoms in total. The molecule has 29 heavy (non-hydrogen) atoms. The summed E-state index contributed by atoms with van der Waals surface area (Å²) >= 11 is 1.47. The minimum atomic E-state index is -0.0615. The molecule has 2 N–H and O–H groups in total. The first-order chi connectivity index (χ1) is 14.0. The van der Waals surface area contributed by atoms with Gasteiger partial charge in [-0.3, -0.25) is 4.79 Å². The van der Waals surface area contributed by atoms with Gasteiger partial charge in [0.15, 0.2) is 6.04 Å². The second-order valence-electron chi connectivity index (χ2n) is 7.24. The lowest BCUT2D eigenvalue weighted by Crippen LogP contribution is -3.15. The average Bonchev–Trinajstić information content (AvgIpc) is 3.21. The molecule has 0 saturated carbocycles. The molecule has 3 heterocycles. The van der Waals surface area contributed by atoms with E-state index in [-0.39, 0.29) is 17.8 Å². The lowest BCUT2D eigenvalue weighted by molar-refractivity contribution is -0.929. The first-order valence-electron chi connectivity index (χ1n) is 9.85. The van der Waals surface area contributed by atoms with E-state index >= 15 is 0 Å². The fourth-order valence-corrected chi connectivity index (χ4v) is 5.12. The zero-order chi connectivity index (χ0) is 20.5. The van der Waals surface area contributed by atoms with Crippen molar-refractivity contribution in [2.75, 3.05) is 32.8 Å². The molecule has 154 valence electrons. The van der Waals surface area contributed by atoms with Crippen LogP contribution < -0.4 is 9.64 Å². The average molecular weight is 417 g/mol. The van der Waals surface area contributed by atoms with Crippen molar-refractivity contribution in [3.8, 4) is 11.6 Å². The summed E-state index contributed by atoms with van der Waals surface area (Å²) in [6.07, 6.45) is 0. The topological polar surface area (TPSA) is 84.4 Å². The number of thiazole rings is 1. The highest BCUT2D eigenvalue weighted by atomic mass is 32.1. The molecule has 4 rings (SSSR count). The van der Waals surface area contributed by atoms with E-state index < -0.39 is 0 Å². The Hall–Kier alpha value is -2.65. The van der Waals surface area contributed by atoms with Crippen LogP contribution in [0.4, 0.5) is 0 Å². The third kappa shape index (κ3) is 3.79. The van der Waals surface area contributed by atoms with Gasteiger partial charge in [0.25, 0.3) is 0 Å². The van der Waals surface area contributed by atoms with E-state index in [4.69, 9.17) is 4.74 Å². The first kappa shape index (κ1) is 19.7. The molecule has 1 fully saturated rings. The molecule has 9 heteroatoms. The van der Waals surface area contributed by atoms with E-state index in [1.165, 1.54) is 20.8 Å². The molecule has 1 saturated heterocycles. The summed E-state index contributed by atoms with van der Waals surface area (Å²) in [6.45, 7) is 9.04. The normalized spacial score (nSPS) is 16.3. The smallest absolute Gasteiger partial charge is 0.235 e. The number of nitrogens with zero attached hydrogens (tertiary/aromatic N) is 4. The third-order valence-electron chi connectivity index (χ3n) is 5.35. The number of hydrogen-bond donors (Lipinski definition) is 2. The highest BCUT2D eigenvalue weighted by Crippen LogP contribution is 2.35. The number of amides is 1. The number of hydrogen-bond acceptors (Lipinski definition) is 6. The van der Waals surface area contributed by atoms with Crippen molar-refractivity contribution in [2.45, 2.75) is 26.8 Å². The number of piperazine rings is 1. The molecule has 1 aromatic carbocycles. The summed E-state index contributed by atoms with van der Waals surface area (Å²) < 4.78 is 7.10. The fraction of sp³-hybridized carbons (Fsp3) is 0.450. The number of quaternary nitrogens is 1. The molecule has 1 aliphatic heterocycles. The van der Waals surface area contributed by atoms with E-state index in [2.05, 4.69) is 22.2 Å². The maximum absolute atomic E-state index is 11.7. The molecule has 1 amide bonds. The summed E-state index contributed by atoms with van der Waals surface area (Å²) in [5.74, 6) is 1.72. The Morgan fingerprint density at radius 3 is 2.59 bits per heavy atom. The number of nitrogens with one attached hydrogen (secondary N) is 1. The monoisotopic (exact) mass is 416 g/mol. The van der Waals surface area contributed by atoms with Crippen molar-refractivity contribution < 1.29 is 19.5 Å². The minimum Gasteiger partial charge on any atom is -0.494 e. The van der Waals surface area contributed by atoms with Gasteiger partial charge in [0, 0.05) is 12.5 Å². The molecule has 0 bridgehead atoms. The van der Waals surface area contributed by atoms with Gasteiger partial charge >= 0.3 is 0 Å². The standard InChI is InChI=1S/C20H25N5O3S/c1-4-28-16-7-5-15(6-8-16)17(24-11-9-23(10-12-24)14(3)26)18-19(27)25-20(29-18)21-13(2)22-25/h5-8,17,27H,4,9-12H2,1-3H3/p+1/t17-/m1/s1. The SMILES string of the molecule is CCOc1ccc([C@H](c2sc3nc(C)nn3c2O)[NH+]2CCN(C(C)=O)CC2)cc1. The maximum atomic E-state index is 11.7. The molecule has 1 aliphatic rings. The number of carbonyl (C=O) groups is 1. The minimum absolute atomic E-state index is 0.0615. The Morgan fingerprint density at radius 1 is 1.31 bits per heavy atom. The van der Waals surface area contributed by atoms with E-state index in [0.29, 0.717) is 30.5 Å². The van der Waals surface area contributed by atoms with Crippen LogP contribution in [-0.4, -0.2) is 63.3 Å². The van der Waals surface area contributed by atoms with E-state index in [0.717, 1.165) is 29.3 Å². The van der Waals surface area contributed by atoms with Crippen molar-refractivity contribution in [3.63, 3.8) is 0 Å². The molecular weight excluding hydrogens is 390 g/mol. The molecule has 0 aliphatic carbocycles. The molecule has 3 aromatic rings. The van der Waals surface area contributed by atoms with Crippen LogP contribution in [0, 0.1) is 6.92 Å². The van der Waals surface area contributed by atoms with Crippen LogP contribution in [0.1, 0.15) is 36.2 Å². The van der Waals surface area contributed by atoms with Gasteiger partial charge in [0.2, 0.25) is 16.7 Å². The largest absolute Gasteiger partial charge is 0.494 e.